The Labute approximate surface area is 164 Å². The molecule has 5 nitrogen and oxygen atoms in total. The number of amides is 1. The number of carbonyl (C=O) groups is 1. The molecule has 0 radical (unpaired) electrons. The van der Waals surface area contributed by atoms with E-state index in [4.69, 9.17) is 0 Å². The highest BCUT2D eigenvalue weighted by molar-refractivity contribution is 5.93. The quantitative estimate of drug-likeness (QED) is 0.566. The predicted octanol–water partition coefficient (Wildman–Crippen LogP) is 2.96. The van der Waals surface area contributed by atoms with E-state index >= 15 is 0 Å². The van der Waals surface area contributed by atoms with Crippen LogP contribution < -0.4 is 10.6 Å². The third-order valence-corrected chi connectivity index (χ3v) is 4.07. The van der Waals surface area contributed by atoms with Gasteiger partial charge in [0.2, 0.25) is 0 Å². The zero-order valence-corrected chi connectivity index (χ0v) is 16.4. The predicted molar refractivity (Wildman–Crippen MR) is 107 cm³/mol. The number of aliphatic imine (C=N–C) groups is 1. The number of nitrogens with zero attached hydrogens (tertiary/aromatic N) is 2. The first kappa shape index (κ1) is 21.3. The molecule has 2 N–H and O–H groups in total. The lowest BCUT2D eigenvalue weighted by atomic mass is 10.1. The van der Waals surface area contributed by atoms with Crippen LogP contribution in [-0.2, 0) is 13.0 Å². The van der Waals surface area contributed by atoms with Crippen LogP contribution in [0.2, 0.25) is 0 Å². The third-order valence-electron chi connectivity index (χ3n) is 4.07. The molecule has 0 aliphatic carbocycles. The topological polar surface area (TPSA) is 56.7 Å². The van der Waals surface area contributed by atoms with Gasteiger partial charge in [-0.15, -0.1) is 0 Å². The normalized spacial score (nSPS) is 11.2. The minimum Gasteiger partial charge on any atom is -0.357 e. The summed E-state index contributed by atoms with van der Waals surface area (Å²) in [7, 11) is 3.43. The van der Waals surface area contributed by atoms with Crippen molar-refractivity contribution in [2.24, 2.45) is 4.99 Å². The Balaban J connectivity index is 1.93. The van der Waals surface area contributed by atoms with Crippen molar-refractivity contribution in [3.8, 4) is 0 Å². The summed E-state index contributed by atoms with van der Waals surface area (Å²) in [5.74, 6) is -0.560. The SMILES string of the molecule is CCNC(=NCc1ccc(C(=O)N(C)C)cc1)NCCc1ccc(F)cc1F. The molecule has 0 aliphatic heterocycles. The van der Waals surface area contributed by atoms with E-state index < -0.39 is 11.6 Å². The number of carbonyl (C=O) groups excluding carboxylic acids is 1. The van der Waals surface area contributed by atoms with Crippen LogP contribution in [0.5, 0.6) is 0 Å². The Hall–Kier alpha value is -2.96. The molecular weight excluding hydrogens is 362 g/mol. The van der Waals surface area contributed by atoms with Gasteiger partial charge in [-0.2, -0.15) is 0 Å². The van der Waals surface area contributed by atoms with Gasteiger partial charge in [-0.25, -0.2) is 13.8 Å². The zero-order valence-electron chi connectivity index (χ0n) is 16.4. The number of nitrogens with one attached hydrogen (secondary N) is 2. The largest absolute Gasteiger partial charge is 0.357 e. The fourth-order valence-electron chi connectivity index (χ4n) is 2.56. The number of guanidine groups is 1. The van der Waals surface area contributed by atoms with Crippen LogP contribution in [0.15, 0.2) is 47.5 Å². The van der Waals surface area contributed by atoms with E-state index in [0.717, 1.165) is 11.6 Å². The van der Waals surface area contributed by atoms with Gasteiger partial charge < -0.3 is 15.5 Å². The van der Waals surface area contributed by atoms with Gasteiger partial charge in [-0.05, 0) is 42.7 Å². The summed E-state index contributed by atoms with van der Waals surface area (Å²) in [6.45, 7) is 3.55. The van der Waals surface area contributed by atoms with Gasteiger partial charge in [0.05, 0.1) is 6.54 Å². The van der Waals surface area contributed by atoms with Gasteiger partial charge >= 0.3 is 0 Å². The lowest BCUT2D eigenvalue weighted by molar-refractivity contribution is 0.0827. The smallest absolute Gasteiger partial charge is 0.253 e. The molecule has 0 bridgehead atoms. The number of benzene rings is 2. The summed E-state index contributed by atoms with van der Waals surface area (Å²) < 4.78 is 26.7. The van der Waals surface area contributed by atoms with Crippen LogP contribution >= 0.6 is 0 Å². The maximum Gasteiger partial charge on any atom is 0.253 e. The Bertz CT molecular complexity index is 820. The molecule has 0 fully saturated rings. The van der Waals surface area contributed by atoms with Crippen molar-refractivity contribution in [3.63, 3.8) is 0 Å². The molecule has 0 saturated carbocycles. The summed E-state index contributed by atoms with van der Waals surface area (Å²) in [5, 5.41) is 6.28. The monoisotopic (exact) mass is 388 g/mol. The molecule has 2 aromatic rings. The second kappa shape index (κ2) is 10.4. The third kappa shape index (κ3) is 6.33. The number of halogens is 2. The minimum atomic E-state index is -0.581. The van der Waals surface area contributed by atoms with E-state index in [9.17, 15) is 13.6 Å². The van der Waals surface area contributed by atoms with Crippen molar-refractivity contribution in [1.82, 2.24) is 15.5 Å². The zero-order chi connectivity index (χ0) is 20.5. The summed E-state index contributed by atoms with van der Waals surface area (Å²) >= 11 is 0. The van der Waals surface area contributed by atoms with Crippen LogP contribution in [0.25, 0.3) is 0 Å². The highest BCUT2D eigenvalue weighted by Crippen LogP contribution is 2.10. The molecule has 0 aromatic heterocycles. The number of hydrogen-bond acceptors (Lipinski definition) is 2. The van der Waals surface area contributed by atoms with E-state index in [1.807, 2.05) is 19.1 Å². The number of hydrogen-bond donors (Lipinski definition) is 2. The maximum absolute atomic E-state index is 13.7. The molecule has 0 spiro atoms. The molecule has 2 aromatic carbocycles. The first-order valence-electron chi connectivity index (χ1n) is 9.17. The average molecular weight is 388 g/mol. The fraction of sp³-hybridized carbons (Fsp3) is 0.333. The van der Waals surface area contributed by atoms with Crippen molar-refractivity contribution in [3.05, 3.63) is 70.8 Å². The molecule has 0 heterocycles. The Morgan fingerprint density at radius 1 is 1.07 bits per heavy atom. The van der Waals surface area contributed by atoms with Crippen molar-refractivity contribution in [1.29, 1.82) is 0 Å². The average Bonchev–Trinajstić information content (AvgIpc) is 2.67. The van der Waals surface area contributed by atoms with E-state index in [0.29, 0.717) is 43.1 Å². The molecule has 0 atom stereocenters. The lowest BCUT2D eigenvalue weighted by Crippen LogP contribution is -2.38. The van der Waals surface area contributed by atoms with Crippen LogP contribution in [0.3, 0.4) is 0 Å². The Morgan fingerprint density at radius 3 is 2.39 bits per heavy atom. The van der Waals surface area contributed by atoms with E-state index in [1.165, 1.54) is 17.0 Å². The molecule has 2 rings (SSSR count). The molecule has 1 amide bonds. The number of rotatable bonds is 7. The van der Waals surface area contributed by atoms with Crippen molar-refractivity contribution in [2.45, 2.75) is 19.9 Å². The first-order valence-corrected chi connectivity index (χ1v) is 9.17. The standard InChI is InChI=1S/C21H26F2N4O/c1-4-24-21(25-12-11-16-9-10-18(22)13-19(16)23)26-14-15-5-7-17(8-6-15)20(28)27(2)3/h5-10,13H,4,11-12,14H2,1-3H3,(H2,24,25,26). The van der Waals surface area contributed by atoms with E-state index in [2.05, 4.69) is 15.6 Å². The highest BCUT2D eigenvalue weighted by Gasteiger charge is 2.07. The molecular formula is C21H26F2N4O. The highest BCUT2D eigenvalue weighted by atomic mass is 19.1. The molecule has 150 valence electrons. The molecule has 0 unspecified atom stereocenters. The van der Waals surface area contributed by atoms with Crippen LogP contribution in [0.1, 0.15) is 28.4 Å². The minimum absolute atomic E-state index is 0.0434. The second-order valence-electron chi connectivity index (χ2n) is 6.50. The first-order chi connectivity index (χ1) is 13.4. The lowest BCUT2D eigenvalue weighted by Gasteiger charge is -2.12. The molecule has 28 heavy (non-hydrogen) atoms. The van der Waals surface area contributed by atoms with Crippen LogP contribution in [0.4, 0.5) is 8.78 Å². The van der Waals surface area contributed by atoms with Crippen molar-refractivity contribution >= 4 is 11.9 Å². The maximum atomic E-state index is 13.7. The van der Waals surface area contributed by atoms with Gasteiger partial charge in [0, 0.05) is 38.8 Å². The van der Waals surface area contributed by atoms with Gasteiger partial charge in [0.25, 0.3) is 5.91 Å². The van der Waals surface area contributed by atoms with Gasteiger partial charge in [0.15, 0.2) is 5.96 Å². The van der Waals surface area contributed by atoms with Crippen LogP contribution in [-0.4, -0.2) is 44.0 Å². The van der Waals surface area contributed by atoms with Crippen molar-refractivity contribution in [2.75, 3.05) is 27.2 Å². The Morgan fingerprint density at radius 2 is 1.79 bits per heavy atom. The summed E-state index contributed by atoms with van der Waals surface area (Å²) in [6.07, 6.45) is 0.415. The van der Waals surface area contributed by atoms with Gasteiger partial charge in [-0.3, -0.25) is 4.79 Å². The Kier molecular flexibility index (Phi) is 7.92. The van der Waals surface area contributed by atoms with Crippen molar-refractivity contribution < 1.29 is 13.6 Å². The molecule has 0 saturated heterocycles. The van der Waals surface area contributed by atoms with Gasteiger partial charge in [0.1, 0.15) is 11.6 Å². The molecule has 0 aliphatic rings. The second-order valence-corrected chi connectivity index (χ2v) is 6.50. The van der Waals surface area contributed by atoms with E-state index in [1.54, 1.807) is 26.2 Å². The van der Waals surface area contributed by atoms with Crippen LogP contribution in [0, 0.1) is 11.6 Å². The van der Waals surface area contributed by atoms with Gasteiger partial charge in [-0.1, -0.05) is 18.2 Å². The summed E-state index contributed by atoms with van der Waals surface area (Å²) in [6, 6.07) is 10.9. The van der Waals surface area contributed by atoms with E-state index in [-0.39, 0.29) is 5.91 Å². The summed E-state index contributed by atoms with van der Waals surface area (Å²) in [4.78, 5) is 18.0. The molecule has 7 heteroatoms. The summed E-state index contributed by atoms with van der Waals surface area (Å²) in [5.41, 5.74) is 2.05. The fourth-order valence-corrected chi connectivity index (χ4v) is 2.56.